The lowest BCUT2D eigenvalue weighted by molar-refractivity contribution is -0.167. The molecule has 0 bridgehead atoms. The van der Waals surface area contributed by atoms with E-state index in [1.54, 1.807) is 0 Å². The number of ether oxygens (including phenoxy) is 3. The van der Waals surface area contributed by atoms with Crippen molar-refractivity contribution in [1.82, 2.24) is 0 Å². The molecule has 6 heteroatoms. The molecule has 0 spiro atoms. The fraction of sp³-hybridized carbons (Fsp3) is 0.635. The Balaban J connectivity index is 4.48. The van der Waals surface area contributed by atoms with Crippen molar-refractivity contribution >= 4 is 17.9 Å². The van der Waals surface area contributed by atoms with E-state index in [0.717, 1.165) is 116 Å². The van der Waals surface area contributed by atoms with Crippen LogP contribution in [0.5, 0.6) is 0 Å². The first kappa shape index (κ1) is 54.3. The molecule has 1 unspecified atom stereocenters. The second kappa shape index (κ2) is 46.0. The zero-order valence-electron chi connectivity index (χ0n) is 37.3. The van der Waals surface area contributed by atoms with Gasteiger partial charge in [0.1, 0.15) is 13.2 Å². The minimum atomic E-state index is -0.800. The Hall–Kier alpha value is -3.67. The van der Waals surface area contributed by atoms with Crippen molar-refractivity contribution in [3.05, 3.63) is 97.2 Å². The largest absolute Gasteiger partial charge is 0.462 e. The number of allylic oxidation sites excluding steroid dienone is 16. The van der Waals surface area contributed by atoms with Crippen LogP contribution in [-0.2, 0) is 28.6 Å². The van der Waals surface area contributed by atoms with Gasteiger partial charge in [0, 0.05) is 19.3 Å². The molecule has 0 rings (SSSR count). The normalized spacial score (nSPS) is 12.9. The van der Waals surface area contributed by atoms with E-state index in [1.165, 1.54) is 38.5 Å². The highest BCUT2D eigenvalue weighted by Crippen LogP contribution is 2.13. The quantitative estimate of drug-likeness (QED) is 0.0202. The fourth-order valence-electron chi connectivity index (χ4n) is 5.97. The first-order chi connectivity index (χ1) is 28.5. The van der Waals surface area contributed by atoms with Crippen molar-refractivity contribution in [2.24, 2.45) is 0 Å². The molecule has 0 fully saturated rings. The Morgan fingerprint density at radius 3 is 1.28 bits per heavy atom. The van der Waals surface area contributed by atoms with Crippen LogP contribution in [0.1, 0.15) is 194 Å². The molecule has 0 heterocycles. The van der Waals surface area contributed by atoms with Gasteiger partial charge in [0.05, 0.1) is 0 Å². The lowest BCUT2D eigenvalue weighted by atomic mass is 10.1. The van der Waals surface area contributed by atoms with E-state index in [4.69, 9.17) is 14.2 Å². The minimum absolute atomic E-state index is 0.0982. The number of hydrogen-bond acceptors (Lipinski definition) is 6. The van der Waals surface area contributed by atoms with E-state index in [1.807, 2.05) is 24.3 Å². The van der Waals surface area contributed by atoms with E-state index < -0.39 is 6.10 Å². The SMILES string of the molecule is CC\C=C/C=C\C=C/C=C\CCCCCCCC(=O)OC(COC(=O)CCCCC/C=C\C/C=C\C/C=C\C/C=C\CC)COC(=O)CCCCCCCCCCC. The summed E-state index contributed by atoms with van der Waals surface area (Å²) in [6, 6.07) is 0. The first-order valence-corrected chi connectivity index (χ1v) is 23.3. The topological polar surface area (TPSA) is 78.9 Å². The standard InChI is InChI=1S/C52H84O6/c1-4-7-10-13-16-19-21-23-25-27-28-30-33-36-39-42-45-51(54)57-48-49(47-56-50(53)44-41-38-35-32-18-15-12-9-6-3)58-52(55)46-43-40-37-34-31-29-26-24-22-20-17-14-11-8-5-2/h7-8,10-11,14,16-17,19-20,22-26,28,30,49H,4-6,9,12-13,15,18,21,27,29,31-48H2,1-3H3/b10-7-,11-8-,17-14-,19-16-,22-20-,25-23-,26-24-,30-28-. The molecule has 0 aromatic heterocycles. The van der Waals surface area contributed by atoms with Gasteiger partial charge in [-0.05, 0) is 77.0 Å². The van der Waals surface area contributed by atoms with Crippen LogP contribution in [0.4, 0.5) is 0 Å². The van der Waals surface area contributed by atoms with Gasteiger partial charge in [-0.25, -0.2) is 0 Å². The van der Waals surface area contributed by atoms with Crippen LogP contribution in [-0.4, -0.2) is 37.2 Å². The van der Waals surface area contributed by atoms with Crippen molar-refractivity contribution in [3.63, 3.8) is 0 Å². The maximum absolute atomic E-state index is 12.7. The van der Waals surface area contributed by atoms with Gasteiger partial charge < -0.3 is 14.2 Å². The third-order valence-corrected chi connectivity index (χ3v) is 9.43. The number of unbranched alkanes of at least 4 members (excludes halogenated alkanes) is 16. The Bertz CT molecular complexity index is 1200. The van der Waals surface area contributed by atoms with Crippen LogP contribution in [0.25, 0.3) is 0 Å². The lowest BCUT2D eigenvalue weighted by Crippen LogP contribution is -2.30. The molecule has 0 aliphatic carbocycles. The average molecular weight is 805 g/mol. The molecule has 0 amide bonds. The molecule has 0 aromatic rings. The third kappa shape index (κ3) is 43.5. The van der Waals surface area contributed by atoms with Crippen molar-refractivity contribution in [2.45, 2.75) is 200 Å². The van der Waals surface area contributed by atoms with Crippen LogP contribution < -0.4 is 0 Å². The maximum atomic E-state index is 12.7. The van der Waals surface area contributed by atoms with Gasteiger partial charge in [-0.2, -0.15) is 0 Å². The Morgan fingerprint density at radius 1 is 0.379 bits per heavy atom. The molecule has 0 radical (unpaired) electrons. The van der Waals surface area contributed by atoms with Gasteiger partial charge in [0.2, 0.25) is 0 Å². The summed E-state index contributed by atoms with van der Waals surface area (Å²) < 4.78 is 16.7. The summed E-state index contributed by atoms with van der Waals surface area (Å²) in [4.78, 5) is 37.8. The summed E-state index contributed by atoms with van der Waals surface area (Å²) in [5.41, 5.74) is 0. The van der Waals surface area contributed by atoms with Gasteiger partial charge >= 0.3 is 17.9 Å². The average Bonchev–Trinajstić information content (AvgIpc) is 3.22. The summed E-state index contributed by atoms with van der Waals surface area (Å²) in [6.45, 7) is 6.29. The molecule has 0 saturated heterocycles. The Labute approximate surface area is 356 Å². The van der Waals surface area contributed by atoms with Crippen LogP contribution >= 0.6 is 0 Å². The number of esters is 3. The van der Waals surface area contributed by atoms with Gasteiger partial charge in [0.25, 0.3) is 0 Å². The smallest absolute Gasteiger partial charge is 0.306 e. The summed E-state index contributed by atoms with van der Waals surface area (Å²) >= 11 is 0. The second-order valence-corrected chi connectivity index (χ2v) is 15.0. The third-order valence-electron chi connectivity index (χ3n) is 9.43. The maximum Gasteiger partial charge on any atom is 0.306 e. The monoisotopic (exact) mass is 805 g/mol. The highest BCUT2D eigenvalue weighted by atomic mass is 16.6. The lowest BCUT2D eigenvalue weighted by Gasteiger charge is -2.18. The highest BCUT2D eigenvalue weighted by molar-refractivity contribution is 5.71. The van der Waals surface area contributed by atoms with E-state index in [-0.39, 0.29) is 31.1 Å². The number of carbonyl (C=O) groups excluding carboxylic acids is 3. The number of rotatable bonds is 40. The summed E-state index contributed by atoms with van der Waals surface area (Å²) in [5, 5.41) is 0. The highest BCUT2D eigenvalue weighted by Gasteiger charge is 2.19. The van der Waals surface area contributed by atoms with Gasteiger partial charge in [-0.15, -0.1) is 0 Å². The van der Waals surface area contributed by atoms with Crippen molar-refractivity contribution < 1.29 is 28.6 Å². The predicted molar refractivity (Wildman–Crippen MR) is 247 cm³/mol. The molecule has 58 heavy (non-hydrogen) atoms. The van der Waals surface area contributed by atoms with E-state index in [2.05, 4.69) is 93.7 Å². The van der Waals surface area contributed by atoms with Gasteiger partial charge in [0.15, 0.2) is 6.10 Å². The van der Waals surface area contributed by atoms with Crippen LogP contribution in [0.3, 0.4) is 0 Å². The van der Waals surface area contributed by atoms with Gasteiger partial charge in [-0.1, -0.05) is 195 Å². The summed E-state index contributed by atoms with van der Waals surface area (Å²) in [6.07, 6.45) is 59.6. The molecule has 6 nitrogen and oxygen atoms in total. The van der Waals surface area contributed by atoms with E-state index >= 15 is 0 Å². The molecule has 0 aliphatic heterocycles. The van der Waals surface area contributed by atoms with Crippen LogP contribution in [0.15, 0.2) is 97.2 Å². The van der Waals surface area contributed by atoms with Crippen LogP contribution in [0.2, 0.25) is 0 Å². The Morgan fingerprint density at radius 2 is 0.759 bits per heavy atom. The van der Waals surface area contributed by atoms with Crippen molar-refractivity contribution in [3.8, 4) is 0 Å². The summed E-state index contributed by atoms with van der Waals surface area (Å²) in [7, 11) is 0. The van der Waals surface area contributed by atoms with E-state index in [0.29, 0.717) is 19.3 Å². The minimum Gasteiger partial charge on any atom is -0.462 e. The Kier molecular flexibility index (Phi) is 43.1. The molecule has 0 aliphatic rings. The molecule has 0 aromatic carbocycles. The molecular weight excluding hydrogens is 721 g/mol. The zero-order valence-corrected chi connectivity index (χ0v) is 37.3. The van der Waals surface area contributed by atoms with E-state index in [9.17, 15) is 14.4 Å². The van der Waals surface area contributed by atoms with Crippen molar-refractivity contribution in [1.29, 1.82) is 0 Å². The molecule has 0 N–H and O–H groups in total. The number of carbonyl (C=O) groups is 3. The number of hydrogen-bond donors (Lipinski definition) is 0. The fourth-order valence-corrected chi connectivity index (χ4v) is 5.97. The first-order valence-electron chi connectivity index (χ1n) is 23.3. The predicted octanol–water partition coefficient (Wildman–Crippen LogP) is 15.0. The summed E-state index contributed by atoms with van der Waals surface area (Å²) in [5.74, 6) is -0.965. The van der Waals surface area contributed by atoms with Crippen molar-refractivity contribution in [2.75, 3.05) is 13.2 Å². The molecule has 0 saturated carbocycles. The second-order valence-electron chi connectivity index (χ2n) is 15.0. The molecule has 1 atom stereocenters. The molecular formula is C52H84O6. The van der Waals surface area contributed by atoms with Gasteiger partial charge in [-0.3, -0.25) is 14.4 Å². The molecule has 328 valence electrons. The van der Waals surface area contributed by atoms with Crippen LogP contribution in [0, 0.1) is 0 Å². The zero-order chi connectivity index (χ0) is 42.3.